The predicted octanol–water partition coefficient (Wildman–Crippen LogP) is 3.48. The fourth-order valence-electron chi connectivity index (χ4n) is 2.53. The Labute approximate surface area is 135 Å². The molecule has 1 aliphatic rings. The van der Waals surface area contributed by atoms with E-state index in [1.807, 2.05) is 36.1 Å². The molecule has 1 saturated heterocycles. The molecular weight excluding hydrogens is 292 g/mol. The van der Waals surface area contributed by atoms with E-state index < -0.39 is 0 Å². The first-order valence-electron chi connectivity index (χ1n) is 7.56. The van der Waals surface area contributed by atoms with Crippen LogP contribution in [-0.4, -0.2) is 28.9 Å². The standard InChI is InChI=1S/C18H18N2OS/c1-14-6-5-7-15(12-14)8-9-17-19-13-16(22-17)18(21)20-10-3-2-4-11-20/h5-7,12-13H,2-4,10-11H2,1H3. The SMILES string of the molecule is Cc1cccc(C#Cc2ncc(C(=O)N3CCCCC3)s2)c1. The second kappa shape index (κ2) is 6.76. The molecule has 1 aromatic carbocycles. The summed E-state index contributed by atoms with van der Waals surface area (Å²) in [5.74, 6) is 6.26. The molecule has 0 spiro atoms. The fourth-order valence-corrected chi connectivity index (χ4v) is 3.27. The third kappa shape index (κ3) is 3.55. The number of aryl methyl sites for hydroxylation is 1. The molecule has 4 heteroatoms. The van der Waals surface area contributed by atoms with Crippen LogP contribution in [-0.2, 0) is 0 Å². The van der Waals surface area contributed by atoms with E-state index in [1.54, 1.807) is 6.20 Å². The van der Waals surface area contributed by atoms with E-state index in [1.165, 1.54) is 23.3 Å². The Morgan fingerprint density at radius 2 is 2.05 bits per heavy atom. The minimum Gasteiger partial charge on any atom is -0.338 e. The lowest BCUT2D eigenvalue weighted by molar-refractivity contribution is 0.0729. The van der Waals surface area contributed by atoms with Crippen molar-refractivity contribution in [3.05, 3.63) is 51.5 Å². The second-order valence-electron chi connectivity index (χ2n) is 5.50. The topological polar surface area (TPSA) is 33.2 Å². The molecule has 0 unspecified atom stereocenters. The van der Waals surface area contributed by atoms with E-state index >= 15 is 0 Å². The van der Waals surface area contributed by atoms with E-state index in [2.05, 4.69) is 16.8 Å². The van der Waals surface area contributed by atoms with Crippen LogP contribution in [0.15, 0.2) is 30.5 Å². The maximum atomic E-state index is 12.4. The van der Waals surface area contributed by atoms with Gasteiger partial charge in [-0.25, -0.2) is 4.98 Å². The Bertz CT molecular complexity index is 733. The molecule has 3 nitrogen and oxygen atoms in total. The lowest BCUT2D eigenvalue weighted by Gasteiger charge is -2.25. The van der Waals surface area contributed by atoms with Crippen molar-refractivity contribution in [1.29, 1.82) is 0 Å². The summed E-state index contributed by atoms with van der Waals surface area (Å²) in [6.45, 7) is 3.77. The molecule has 2 heterocycles. The molecule has 0 radical (unpaired) electrons. The summed E-state index contributed by atoms with van der Waals surface area (Å²) >= 11 is 1.38. The number of nitrogens with zero attached hydrogens (tertiary/aromatic N) is 2. The molecule has 3 rings (SSSR count). The maximum absolute atomic E-state index is 12.4. The normalized spacial score (nSPS) is 14.3. The van der Waals surface area contributed by atoms with Crippen molar-refractivity contribution >= 4 is 17.2 Å². The largest absolute Gasteiger partial charge is 0.338 e. The van der Waals surface area contributed by atoms with Crippen molar-refractivity contribution in [3.8, 4) is 11.8 Å². The van der Waals surface area contributed by atoms with Gasteiger partial charge in [0.05, 0.1) is 6.20 Å². The summed E-state index contributed by atoms with van der Waals surface area (Å²) in [7, 11) is 0. The monoisotopic (exact) mass is 310 g/mol. The molecule has 0 aliphatic carbocycles. The Hall–Kier alpha value is -2.12. The number of aromatic nitrogens is 1. The molecule has 0 N–H and O–H groups in total. The van der Waals surface area contributed by atoms with Crippen LogP contribution in [0.5, 0.6) is 0 Å². The lowest BCUT2D eigenvalue weighted by Crippen LogP contribution is -2.35. The van der Waals surface area contributed by atoms with Crippen LogP contribution in [0.3, 0.4) is 0 Å². The van der Waals surface area contributed by atoms with Crippen LogP contribution < -0.4 is 0 Å². The van der Waals surface area contributed by atoms with Gasteiger partial charge in [-0.15, -0.1) is 11.3 Å². The molecule has 0 bridgehead atoms. The van der Waals surface area contributed by atoms with Crippen LogP contribution in [0.25, 0.3) is 0 Å². The molecule has 0 atom stereocenters. The average Bonchev–Trinajstić information content (AvgIpc) is 3.02. The van der Waals surface area contributed by atoms with E-state index in [0.29, 0.717) is 9.88 Å². The number of piperidine rings is 1. The molecule has 1 fully saturated rings. The highest BCUT2D eigenvalue weighted by Crippen LogP contribution is 2.18. The van der Waals surface area contributed by atoms with Crippen LogP contribution in [0.1, 0.15) is 45.1 Å². The first-order chi connectivity index (χ1) is 10.7. The molecule has 0 saturated carbocycles. The highest BCUT2D eigenvalue weighted by Gasteiger charge is 2.19. The number of amides is 1. The van der Waals surface area contributed by atoms with Gasteiger partial charge in [0.1, 0.15) is 4.88 Å². The predicted molar refractivity (Wildman–Crippen MR) is 89.0 cm³/mol. The number of hydrogen-bond acceptors (Lipinski definition) is 3. The highest BCUT2D eigenvalue weighted by atomic mass is 32.1. The Balaban J connectivity index is 1.72. The molecular formula is C18H18N2OS. The van der Waals surface area contributed by atoms with Gasteiger partial charge in [0.15, 0.2) is 5.01 Å². The van der Waals surface area contributed by atoms with Crippen molar-refractivity contribution in [1.82, 2.24) is 9.88 Å². The van der Waals surface area contributed by atoms with Gasteiger partial charge in [-0.05, 0) is 49.8 Å². The number of benzene rings is 1. The summed E-state index contributed by atoms with van der Waals surface area (Å²) in [4.78, 5) is 19.3. The fraction of sp³-hybridized carbons (Fsp3) is 0.333. The first kappa shape index (κ1) is 14.8. The average molecular weight is 310 g/mol. The van der Waals surface area contributed by atoms with Gasteiger partial charge in [0, 0.05) is 18.7 Å². The van der Waals surface area contributed by atoms with Crippen LogP contribution >= 0.6 is 11.3 Å². The third-order valence-corrected chi connectivity index (χ3v) is 4.59. The maximum Gasteiger partial charge on any atom is 0.265 e. The molecule has 22 heavy (non-hydrogen) atoms. The molecule has 1 aromatic heterocycles. The number of hydrogen-bond donors (Lipinski definition) is 0. The van der Waals surface area contributed by atoms with Gasteiger partial charge in [0.25, 0.3) is 5.91 Å². The zero-order chi connectivity index (χ0) is 15.4. The second-order valence-corrected chi connectivity index (χ2v) is 6.53. The van der Waals surface area contributed by atoms with E-state index in [0.717, 1.165) is 31.5 Å². The minimum absolute atomic E-state index is 0.0980. The molecule has 112 valence electrons. The van der Waals surface area contributed by atoms with Crippen LogP contribution in [0, 0.1) is 18.8 Å². The Kier molecular flexibility index (Phi) is 4.55. The van der Waals surface area contributed by atoms with Crippen molar-refractivity contribution in [3.63, 3.8) is 0 Å². The van der Waals surface area contributed by atoms with Gasteiger partial charge in [-0.1, -0.05) is 18.1 Å². The third-order valence-electron chi connectivity index (χ3n) is 3.69. The van der Waals surface area contributed by atoms with Crippen LogP contribution in [0.2, 0.25) is 0 Å². The summed E-state index contributed by atoms with van der Waals surface area (Å²) in [6.07, 6.45) is 5.08. The zero-order valence-electron chi connectivity index (χ0n) is 12.6. The van der Waals surface area contributed by atoms with E-state index in [-0.39, 0.29) is 5.91 Å². The number of carbonyl (C=O) groups is 1. The first-order valence-corrected chi connectivity index (χ1v) is 8.38. The number of carbonyl (C=O) groups excluding carboxylic acids is 1. The van der Waals surface area contributed by atoms with Gasteiger partial charge in [-0.3, -0.25) is 4.79 Å². The summed E-state index contributed by atoms with van der Waals surface area (Å²) < 4.78 is 0. The summed E-state index contributed by atoms with van der Waals surface area (Å²) in [5, 5.41) is 0.696. The Morgan fingerprint density at radius 1 is 1.23 bits per heavy atom. The quantitative estimate of drug-likeness (QED) is 0.756. The number of likely N-dealkylation sites (tertiary alicyclic amines) is 1. The van der Waals surface area contributed by atoms with Gasteiger partial charge < -0.3 is 4.90 Å². The highest BCUT2D eigenvalue weighted by molar-refractivity contribution is 7.14. The summed E-state index contributed by atoms with van der Waals surface area (Å²) in [6, 6.07) is 8.06. The van der Waals surface area contributed by atoms with Crippen molar-refractivity contribution < 1.29 is 4.79 Å². The smallest absolute Gasteiger partial charge is 0.265 e. The number of thiazole rings is 1. The minimum atomic E-state index is 0.0980. The molecule has 2 aromatic rings. The van der Waals surface area contributed by atoms with Gasteiger partial charge >= 0.3 is 0 Å². The number of rotatable bonds is 1. The summed E-state index contributed by atoms with van der Waals surface area (Å²) in [5.41, 5.74) is 2.16. The van der Waals surface area contributed by atoms with Crippen molar-refractivity contribution in [2.45, 2.75) is 26.2 Å². The van der Waals surface area contributed by atoms with E-state index in [4.69, 9.17) is 0 Å². The van der Waals surface area contributed by atoms with Crippen molar-refractivity contribution in [2.24, 2.45) is 0 Å². The molecule has 1 amide bonds. The molecule has 1 aliphatic heterocycles. The van der Waals surface area contributed by atoms with Crippen molar-refractivity contribution in [2.75, 3.05) is 13.1 Å². The van der Waals surface area contributed by atoms with Crippen LogP contribution in [0.4, 0.5) is 0 Å². The zero-order valence-corrected chi connectivity index (χ0v) is 13.4. The lowest BCUT2D eigenvalue weighted by atomic mass is 10.1. The van der Waals surface area contributed by atoms with E-state index in [9.17, 15) is 4.79 Å². The van der Waals surface area contributed by atoms with Gasteiger partial charge in [-0.2, -0.15) is 0 Å². The Morgan fingerprint density at radius 3 is 2.82 bits per heavy atom. The van der Waals surface area contributed by atoms with Gasteiger partial charge in [0.2, 0.25) is 0 Å².